The van der Waals surface area contributed by atoms with E-state index in [-0.39, 0.29) is 5.75 Å². The maximum atomic E-state index is 11.8. The largest absolute Gasteiger partial charge is 0.484 e. The van der Waals surface area contributed by atoms with Gasteiger partial charge in [0.25, 0.3) is 0 Å². The van der Waals surface area contributed by atoms with Crippen LogP contribution in [-0.2, 0) is 4.79 Å². The third kappa shape index (κ3) is 5.60. The molecule has 0 saturated carbocycles. The van der Waals surface area contributed by atoms with E-state index >= 15 is 0 Å². The molecule has 1 aromatic rings. The zero-order chi connectivity index (χ0) is 12.9. The van der Waals surface area contributed by atoms with Crippen molar-refractivity contribution >= 4 is 12.0 Å². The molecule has 0 bridgehead atoms. The number of nitrogens with two attached hydrogens (primary N) is 1. The number of hydrogen-bond donors (Lipinski definition) is 1. The van der Waals surface area contributed by atoms with Crippen LogP contribution in [0.15, 0.2) is 30.3 Å². The molecular formula is C11H10F3NO2. The Morgan fingerprint density at radius 3 is 2.35 bits per heavy atom. The summed E-state index contributed by atoms with van der Waals surface area (Å²) in [6.45, 7) is -1.33. The van der Waals surface area contributed by atoms with Crippen LogP contribution in [0.25, 0.3) is 6.08 Å². The van der Waals surface area contributed by atoms with Crippen LogP contribution in [-0.4, -0.2) is 18.7 Å². The molecule has 17 heavy (non-hydrogen) atoms. The molecule has 0 radical (unpaired) electrons. The number of benzene rings is 1. The second-order valence-corrected chi connectivity index (χ2v) is 3.21. The molecule has 0 aliphatic rings. The van der Waals surface area contributed by atoms with Gasteiger partial charge >= 0.3 is 6.18 Å². The maximum absolute atomic E-state index is 11.8. The molecule has 0 aromatic heterocycles. The van der Waals surface area contributed by atoms with Crippen LogP contribution in [0.2, 0.25) is 0 Å². The van der Waals surface area contributed by atoms with E-state index in [1.54, 1.807) is 0 Å². The van der Waals surface area contributed by atoms with Crippen molar-refractivity contribution in [3.63, 3.8) is 0 Å². The van der Waals surface area contributed by atoms with E-state index in [0.717, 1.165) is 6.08 Å². The Balaban J connectivity index is 2.59. The molecule has 0 aliphatic carbocycles. The van der Waals surface area contributed by atoms with Crippen molar-refractivity contribution in [3.8, 4) is 5.75 Å². The molecule has 0 fully saturated rings. The third-order valence-corrected chi connectivity index (χ3v) is 1.72. The van der Waals surface area contributed by atoms with Crippen molar-refractivity contribution in [3.05, 3.63) is 35.9 Å². The molecule has 0 spiro atoms. The molecule has 3 nitrogen and oxygen atoms in total. The second-order valence-electron chi connectivity index (χ2n) is 3.21. The molecule has 2 N–H and O–H groups in total. The predicted octanol–water partition coefficient (Wildman–Crippen LogP) is 2.13. The first-order valence-corrected chi connectivity index (χ1v) is 4.64. The highest BCUT2D eigenvalue weighted by Gasteiger charge is 2.28. The molecule has 0 atom stereocenters. The minimum atomic E-state index is -4.36. The van der Waals surface area contributed by atoms with E-state index in [1.807, 2.05) is 0 Å². The summed E-state index contributed by atoms with van der Waals surface area (Å²) < 4.78 is 40.0. The first-order chi connectivity index (χ1) is 7.87. The van der Waals surface area contributed by atoms with Gasteiger partial charge in [0.1, 0.15) is 5.75 Å². The molecule has 0 heterocycles. The van der Waals surface area contributed by atoms with E-state index in [9.17, 15) is 18.0 Å². The van der Waals surface area contributed by atoms with Gasteiger partial charge in [0.15, 0.2) is 6.61 Å². The van der Waals surface area contributed by atoms with Crippen LogP contribution in [0.1, 0.15) is 5.56 Å². The van der Waals surface area contributed by atoms with Gasteiger partial charge in [-0.2, -0.15) is 13.2 Å². The van der Waals surface area contributed by atoms with Gasteiger partial charge in [-0.25, -0.2) is 0 Å². The molecular weight excluding hydrogens is 235 g/mol. The van der Waals surface area contributed by atoms with Crippen LogP contribution in [0, 0.1) is 0 Å². The summed E-state index contributed by atoms with van der Waals surface area (Å²) in [5, 5.41) is 0. The lowest BCUT2D eigenvalue weighted by atomic mass is 10.2. The smallest absolute Gasteiger partial charge is 0.422 e. The number of hydrogen-bond acceptors (Lipinski definition) is 2. The molecule has 6 heteroatoms. The van der Waals surface area contributed by atoms with Crippen LogP contribution >= 0.6 is 0 Å². The minimum Gasteiger partial charge on any atom is -0.484 e. The fraction of sp³-hybridized carbons (Fsp3) is 0.182. The number of alkyl halides is 3. The van der Waals surface area contributed by atoms with Crippen LogP contribution in [0.4, 0.5) is 13.2 Å². The topological polar surface area (TPSA) is 52.3 Å². The van der Waals surface area contributed by atoms with Crippen molar-refractivity contribution in [1.82, 2.24) is 0 Å². The number of carbonyl (C=O) groups excluding carboxylic acids is 1. The zero-order valence-electron chi connectivity index (χ0n) is 8.70. The Hall–Kier alpha value is -1.98. The van der Waals surface area contributed by atoms with Crippen LogP contribution < -0.4 is 10.5 Å². The maximum Gasteiger partial charge on any atom is 0.422 e. The fourth-order valence-electron chi connectivity index (χ4n) is 1.02. The van der Waals surface area contributed by atoms with Gasteiger partial charge in [-0.1, -0.05) is 12.1 Å². The Labute approximate surface area is 95.7 Å². The quantitative estimate of drug-likeness (QED) is 0.826. The summed E-state index contributed by atoms with van der Waals surface area (Å²) in [4.78, 5) is 10.4. The first kappa shape index (κ1) is 13.1. The van der Waals surface area contributed by atoms with Crippen molar-refractivity contribution in [2.24, 2.45) is 5.73 Å². The van der Waals surface area contributed by atoms with E-state index in [1.165, 1.54) is 30.3 Å². The Kier molecular flexibility index (Phi) is 4.14. The molecule has 0 unspecified atom stereocenters. The van der Waals surface area contributed by atoms with E-state index in [0.29, 0.717) is 5.56 Å². The van der Waals surface area contributed by atoms with E-state index < -0.39 is 18.7 Å². The molecule has 0 aliphatic heterocycles. The van der Waals surface area contributed by atoms with Crippen molar-refractivity contribution in [2.75, 3.05) is 6.61 Å². The normalized spacial score (nSPS) is 11.7. The first-order valence-electron chi connectivity index (χ1n) is 4.64. The van der Waals surface area contributed by atoms with Crippen molar-refractivity contribution in [2.45, 2.75) is 6.18 Å². The summed E-state index contributed by atoms with van der Waals surface area (Å²) in [7, 11) is 0. The van der Waals surface area contributed by atoms with Crippen molar-refractivity contribution in [1.29, 1.82) is 0 Å². The molecule has 0 saturated heterocycles. The number of rotatable bonds is 4. The Morgan fingerprint density at radius 1 is 1.29 bits per heavy atom. The predicted molar refractivity (Wildman–Crippen MR) is 56.2 cm³/mol. The third-order valence-electron chi connectivity index (χ3n) is 1.72. The number of primary amides is 1. The minimum absolute atomic E-state index is 0.110. The van der Waals surface area contributed by atoms with Gasteiger partial charge in [-0.15, -0.1) is 0 Å². The highest BCUT2D eigenvalue weighted by Crippen LogP contribution is 2.19. The molecule has 1 rings (SSSR count). The lowest BCUT2D eigenvalue weighted by Gasteiger charge is -2.08. The zero-order valence-corrected chi connectivity index (χ0v) is 8.70. The number of ether oxygens (including phenoxy) is 1. The van der Waals surface area contributed by atoms with E-state index in [4.69, 9.17) is 5.73 Å². The Morgan fingerprint density at radius 2 is 1.88 bits per heavy atom. The SMILES string of the molecule is NC(=O)C=Cc1ccc(OCC(F)(F)F)cc1. The summed E-state index contributed by atoms with van der Waals surface area (Å²) in [6, 6.07) is 5.80. The highest BCUT2D eigenvalue weighted by molar-refractivity contribution is 5.90. The van der Waals surface area contributed by atoms with Gasteiger partial charge in [-0.05, 0) is 23.8 Å². The summed E-state index contributed by atoms with van der Waals surface area (Å²) in [5.74, 6) is -0.485. The van der Waals surface area contributed by atoms with Crippen molar-refractivity contribution < 1.29 is 22.7 Å². The van der Waals surface area contributed by atoms with Gasteiger partial charge in [0.2, 0.25) is 5.91 Å². The summed E-state index contributed by atoms with van der Waals surface area (Å²) in [6.07, 6.45) is -1.74. The fourth-order valence-corrected chi connectivity index (χ4v) is 1.02. The number of halogens is 3. The van der Waals surface area contributed by atoms with Gasteiger partial charge in [0, 0.05) is 6.08 Å². The van der Waals surface area contributed by atoms with E-state index in [2.05, 4.69) is 4.74 Å². The standard InChI is InChI=1S/C11H10F3NO2/c12-11(13,14)7-17-9-4-1-8(2-5-9)3-6-10(15)16/h1-6H,7H2,(H2,15,16). The monoisotopic (exact) mass is 245 g/mol. The van der Waals surface area contributed by atoms with Crippen LogP contribution in [0.3, 0.4) is 0 Å². The average molecular weight is 245 g/mol. The average Bonchev–Trinajstić information content (AvgIpc) is 2.24. The number of amides is 1. The number of carbonyl (C=O) groups is 1. The van der Waals surface area contributed by atoms with Gasteiger partial charge in [-0.3, -0.25) is 4.79 Å². The summed E-state index contributed by atoms with van der Waals surface area (Å²) in [5.41, 5.74) is 5.53. The van der Waals surface area contributed by atoms with Crippen LogP contribution in [0.5, 0.6) is 5.75 Å². The molecule has 1 aromatic carbocycles. The highest BCUT2D eigenvalue weighted by atomic mass is 19.4. The molecule has 1 amide bonds. The second kappa shape index (κ2) is 5.38. The van der Waals surface area contributed by atoms with Gasteiger partial charge in [0.05, 0.1) is 0 Å². The lowest BCUT2D eigenvalue weighted by Crippen LogP contribution is -2.19. The lowest BCUT2D eigenvalue weighted by molar-refractivity contribution is -0.153. The molecule has 92 valence electrons. The summed E-state index contributed by atoms with van der Waals surface area (Å²) >= 11 is 0. The van der Waals surface area contributed by atoms with Gasteiger partial charge < -0.3 is 10.5 Å². The Bertz CT molecular complexity index is 410.